The fourth-order valence-electron chi connectivity index (χ4n) is 4.11. The average Bonchev–Trinajstić information content (AvgIpc) is 3.17. The summed E-state index contributed by atoms with van der Waals surface area (Å²) in [6.07, 6.45) is 6.68. The lowest BCUT2D eigenvalue weighted by molar-refractivity contribution is -0.104. The second kappa shape index (κ2) is 9.87. The molecule has 3 heterocycles. The lowest BCUT2D eigenvalue weighted by Gasteiger charge is -2.22. The Morgan fingerprint density at radius 1 is 1.25 bits per heavy atom. The maximum Gasteiger partial charge on any atom is 0.162 e. The number of carbonyl (C=O) groups excluding carboxylic acids is 1. The number of pyridine rings is 1. The van der Waals surface area contributed by atoms with E-state index in [1.165, 1.54) is 5.56 Å². The van der Waals surface area contributed by atoms with E-state index < -0.39 is 0 Å². The number of hydrogen-bond acceptors (Lipinski definition) is 6. The third kappa shape index (κ3) is 4.94. The summed E-state index contributed by atoms with van der Waals surface area (Å²) in [5, 5.41) is 9.80. The molecule has 0 spiro atoms. The Balaban J connectivity index is 1.88. The number of aromatic nitrogens is 3. The van der Waals surface area contributed by atoms with E-state index in [9.17, 15) is 4.79 Å². The quantitative estimate of drug-likeness (QED) is 0.269. The van der Waals surface area contributed by atoms with Crippen molar-refractivity contribution < 1.29 is 4.79 Å². The Kier molecular flexibility index (Phi) is 6.75. The number of nitrogens with zero attached hydrogens (tertiary/aromatic N) is 5. The van der Waals surface area contributed by atoms with E-state index in [1.807, 2.05) is 38.5 Å². The number of nitrogens with one attached hydrogen (secondary N) is 1. The van der Waals surface area contributed by atoms with Gasteiger partial charge in [-0.25, -0.2) is 4.98 Å². The van der Waals surface area contributed by atoms with Gasteiger partial charge in [0.25, 0.3) is 0 Å². The van der Waals surface area contributed by atoms with Crippen molar-refractivity contribution in [3.8, 4) is 0 Å². The van der Waals surface area contributed by atoms with E-state index in [0.717, 1.165) is 54.8 Å². The molecule has 0 bridgehead atoms. The Hall–Kier alpha value is -3.32. The van der Waals surface area contributed by atoms with Gasteiger partial charge in [-0.3, -0.25) is 9.78 Å². The lowest BCUT2D eigenvalue weighted by atomic mass is 9.94. The van der Waals surface area contributed by atoms with E-state index in [2.05, 4.69) is 33.2 Å². The molecule has 0 atom stereocenters. The molecule has 2 aromatic heterocycles. The first-order chi connectivity index (χ1) is 15.5. The number of hydrogen-bond donors (Lipinski definition) is 1. The number of hydrazone groups is 1. The number of benzene rings is 1. The van der Waals surface area contributed by atoms with Crippen LogP contribution in [0.2, 0.25) is 0 Å². The van der Waals surface area contributed by atoms with Crippen molar-refractivity contribution in [1.82, 2.24) is 24.9 Å². The number of imidazole rings is 1. The van der Waals surface area contributed by atoms with Crippen molar-refractivity contribution in [2.45, 2.75) is 32.2 Å². The van der Waals surface area contributed by atoms with Crippen LogP contribution in [0, 0.1) is 0 Å². The number of allylic oxidation sites excluding steroid dienone is 2. The van der Waals surface area contributed by atoms with Gasteiger partial charge in [0.2, 0.25) is 0 Å². The molecule has 0 saturated carbocycles. The van der Waals surface area contributed by atoms with Crippen molar-refractivity contribution in [3.05, 3.63) is 71.3 Å². The first-order valence-electron chi connectivity index (χ1n) is 11.1. The molecule has 7 nitrogen and oxygen atoms in total. The molecular formula is C25H30N6O. The molecule has 32 heavy (non-hydrogen) atoms. The smallest absolute Gasteiger partial charge is 0.162 e. The maximum atomic E-state index is 11.3. The summed E-state index contributed by atoms with van der Waals surface area (Å²) in [7, 11) is 3.73. The van der Waals surface area contributed by atoms with E-state index in [-0.39, 0.29) is 0 Å². The largest absolute Gasteiger partial charge is 0.318 e. The second-order valence-electron chi connectivity index (χ2n) is 8.47. The number of aldehydes is 1. The van der Waals surface area contributed by atoms with Crippen molar-refractivity contribution in [2.24, 2.45) is 5.10 Å². The molecule has 0 aliphatic carbocycles. The van der Waals surface area contributed by atoms with E-state index in [1.54, 1.807) is 18.0 Å². The molecule has 0 radical (unpaired) electrons. The highest BCUT2D eigenvalue weighted by molar-refractivity contribution is 6.10. The summed E-state index contributed by atoms with van der Waals surface area (Å²) in [4.78, 5) is 21.0. The van der Waals surface area contributed by atoms with Gasteiger partial charge < -0.3 is 14.9 Å². The SMILES string of the molecule is C/C(C=O)=C/C(=N\N(C)C)c1nc2cnc(C3CCNCC3)cc2n1Cc1ccccc1. The van der Waals surface area contributed by atoms with E-state index in [0.29, 0.717) is 23.7 Å². The number of piperidine rings is 1. The molecule has 3 aromatic rings. The van der Waals surface area contributed by atoms with Gasteiger partial charge in [0, 0.05) is 32.3 Å². The molecule has 1 saturated heterocycles. The molecule has 0 amide bonds. The number of carbonyl (C=O) groups is 1. The van der Waals surface area contributed by atoms with Gasteiger partial charge in [0.05, 0.1) is 11.7 Å². The minimum absolute atomic E-state index is 0.455. The van der Waals surface area contributed by atoms with Crippen molar-refractivity contribution in [3.63, 3.8) is 0 Å². The maximum absolute atomic E-state index is 11.3. The van der Waals surface area contributed by atoms with Crippen LogP contribution >= 0.6 is 0 Å². The summed E-state index contributed by atoms with van der Waals surface area (Å²) in [5.74, 6) is 1.18. The van der Waals surface area contributed by atoms with Gasteiger partial charge in [-0.1, -0.05) is 30.3 Å². The van der Waals surface area contributed by atoms with Crippen molar-refractivity contribution >= 4 is 23.0 Å². The fourth-order valence-corrected chi connectivity index (χ4v) is 4.11. The zero-order chi connectivity index (χ0) is 22.5. The topological polar surface area (TPSA) is 75.4 Å². The Morgan fingerprint density at radius 2 is 2.00 bits per heavy atom. The van der Waals surface area contributed by atoms with Crippen LogP contribution in [0.4, 0.5) is 0 Å². The second-order valence-corrected chi connectivity index (χ2v) is 8.47. The molecule has 1 aliphatic rings. The molecule has 4 rings (SSSR count). The van der Waals surface area contributed by atoms with E-state index in [4.69, 9.17) is 9.97 Å². The van der Waals surface area contributed by atoms with Gasteiger partial charge >= 0.3 is 0 Å². The summed E-state index contributed by atoms with van der Waals surface area (Å²) in [6, 6.07) is 12.5. The van der Waals surface area contributed by atoms with Crippen molar-refractivity contribution in [2.75, 3.05) is 27.2 Å². The minimum Gasteiger partial charge on any atom is -0.318 e. The lowest BCUT2D eigenvalue weighted by Crippen LogP contribution is -2.27. The van der Waals surface area contributed by atoms with Crippen LogP contribution < -0.4 is 5.32 Å². The van der Waals surface area contributed by atoms with Gasteiger partial charge in [-0.2, -0.15) is 5.10 Å². The molecule has 1 N–H and O–H groups in total. The Morgan fingerprint density at radius 3 is 2.69 bits per heavy atom. The van der Waals surface area contributed by atoms with Gasteiger partial charge in [-0.05, 0) is 56.1 Å². The van der Waals surface area contributed by atoms with Gasteiger partial charge in [0.1, 0.15) is 17.5 Å². The predicted octanol–water partition coefficient (Wildman–Crippen LogP) is 3.36. The van der Waals surface area contributed by atoms with Crippen LogP contribution in [0.3, 0.4) is 0 Å². The number of rotatable bonds is 7. The van der Waals surface area contributed by atoms with Crippen molar-refractivity contribution in [1.29, 1.82) is 0 Å². The van der Waals surface area contributed by atoms with Gasteiger partial charge in [0.15, 0.2) is 5.82 Å². The molecule has 1 fully saturated rings. The fraction of sp³-hybridized carbons (Fsp3) is 0.360. The van der Waals surface area contributed by atoms with Crippen LogP contribution in [-0.4, -0.2) is 58.7 Å². The molecule has 1 aromatic carbocycles. The van der Waals surface area contributed by atoms with Crippen LogP contribution in [0.1, 0.15) is 42.8 Å². The first kappa shape index (κ1) is 21.9. The Bertz CT molecular complexity index is 1140. The highest BCUT2D eigenvalue weighted by Gasteiger charge is 2.21. The molecule has 0 unspecified atom stereocenters. The molecule has 7 heteroatoms. The third-order valence-electron chi connectivity index (χ3n) is 5.68. The van der Waals surface area contributed by atoms with Crippen LogP contribution in [0.15, 0.2) is 59.3 Å². The summed E-state index contributed by atoms with van der Waals surface area (Å²) in [5.41, 5.74) is 5.40. The molecule has 166 valence electrons. The molecule has 1 aliphatic heterocycles. The highest BCUT2D eigenvalue weighted by Crippen LogP contribution is 2.27. The predicted molar refractivity (Wildman–Crippen MR) is 128 cm³/mol. The van der Waals surface area contributed by atoms with Gasteiger partial charge in [-0.15, -0.1) is 0 Å². The standard InChI is InChI=1S/C25H30N6O/c1-18(17-32)13-22(29-30(2)3)25-28-23-15-27-21(20-9-11-26-12-10-20)14-24(23)31(25)16-19-7-5-4-6-8-19/h4-8,13-15,17,20,26H,9-12,16H2,1-3H3/b18-13-,29-22+. The van der Waals surface area contributed by atoms with Crippen LogP contribution in [0.5, 0.6) is 0 Å². The highest BCUT2D eigenvalue weighted by atomic mass is 16.1. The zero-order valence-electron chi connectivity index (χ0n) is 19.0. The van der Waals surface area contributed by atoms with Crippen LogP contribution in [0.25, 0.3) is 11.0 Å². The van der Waals surface area contributed by atoms with Crippen LogP contribution in [-0.2, 0) is 11.3 Å². The summed E-state index contributed by atoms with van der Waals surface area (Å²) < 4.78 is 2.19. The minimum atomic E-state index is 0.455. The Labute approximate surface area is 188 Å². The first-order valence-corrected chi connectivity index (χ1v) is 11.1. The normalized spacial score (nSPS) is 15.8. The van der Waals surface area contributed by atoms with E-state index >= 15 is 0 Å². The number of fused-ring (bicyclic) bond motifs is 1. The average molecular weight is 431 g/mol. The monoisotopic (exact) mass is 430 g/mol. The molecular weight excluding hydrogens is 400 g/mol. The summed E-state index contributed by atoms with van der Waals surface area (Å²) >= 11 is 0. The zero-order valence-corrected chi connectivity index (χ0v) is 19.0. The summed E-state index contributed by atoms with van der Waals surface area (Å²) in [6.45, 7) is 4.48. The third-order valence-corrected chi connectivity index (χ3v) is 5.68.